The monoisotopic (exact) mass is 277 g/mol. The molecule has 0 amide bonds. The second-order valence-corrected chi connectivity index (χ2v) is 4.96. The summed E-state index contributed by atoms with van der Waals surface area (Å²) in [5.74, 6) is 1.03. The van der Waals surface area contributed by atoms with Crippen LogP contribution in [0.15, 0.2) is 12.3 Å². The number of pyridine rings is 1. The molecule has 6 heteroatoms. The van der Waals surface area contributed by atoms with E-state index in [2.05, 4.69) is 29.5 Å². The van der Waals surface area contributed by atoms with Crippen molar-refractivity contribution in [2.45, 2.75) is 13.8 Å². The van der Waals surface area contributed by atoms with Crippen LogP contribution in [0.3, 0.4) is 0 Å². The molecule has 0 aliphatic heterocycles. The van der Waals surface area contributed by atoms with Gasteiger partial charge < -0.3 is 10.6 Å². The summed E-state index contributed by atoms with van der Waals surface area (Å²) in [5, 5.41) is 7.42. The topological polar surface area (TPSA) is 37.0 Å². The van der Waals surface area contributed by atoms with Crippen molar-refractivity contribution in [3.8, 4) is 0 Å². The third kappa shape index (κ3) is 4.51. The lowest BCUT2D eigenvalue weighted by molar-refractivity contribution is 0.627. The van der Waals surface area contributed by atoms with Gasteiger partial charge in [0, 0.05) is 12.7 Å². The van der Waals surface area contributed by atoms with Crippen LogP contribution in [0.2, 0.25) is 10.0 Å². The van der Waals surface area contributed by atoms with Crippen LogP contribution in [0, 0.1) is 5.92 Å². The van der Waals surface area contributed by atoms with Gasteiger partial charge in [-0.15, -0.1) is 0 Å². The van der Waals surface area contributed by atoms with Gasteiger partial charge in [0.15, 0.2) is 10.9 Å². The predicted octanol–water partition coefficient (Wildman–Crippen LogP) is 3.33. The fourth-order valence-corrected chi connectivity index (χ4v) is 1.56. The number of rotatable bonds is 3. The Kier molecular flexibility index (Phi) is 5.25. The standard InChI is InChI=1S/C10H13Cl2N3S/c1-6(2)4-14-10(16)15-9-8(12)3-7(11)5-13-9/h3,5-6H,4H2,1-2H3,(H2,13,14,15,16). The maximum absolute atomic E-state index is 5.94. The van der Waals surface area contributed by atoms with E-state index in [-0.39, 0.29) is 0 Å². The molecule has 0 aliphatic carbocycles. The van der Waals surface area contributed by atoms with Crippen LogP contribution in [0.5, 0.6) is 0 Å². The molecule has 16 heavy (non-hydrogen) atoms. The third-order valence-corrected chi connectivity index (χ3v) is 2.45. The third-order valence-electron chi connectivity index (χ3n) is 1.71. The van der Waals surface area contributed by atoms with Gasteiger partial charge in [0.25, 0.3) is 0 Å². The Bertz CT molecular complexity index is 382. The summed E-state index contributed by atoms with van der Waals surface area (Å²) < 4.78 is 0. The molecule has 88 valence electrons. The molecule has 3 nitrogen and oxygen atoms in total. The molecule has 0 atom stereocenters. The zero-order valence-electron chi connectivity index (χ0n) is 9.05. The fourth-order valence-electron chi connectivity index (χ4n) is 0.955. The molecule has 1 aromatic heterocycles. The number of halogens is 2. The summed E-state index contributed by atoms with van der Waals surface area (Å²) in [7, 11) is 0. The highest BCUT2D eigenvalue weighted by Gasteiger charge is 2.05. The molecular formula is C10H13Cl2N3S. The molecule has 0 spiro atoms. The van der Waals surface area contributed by atoms with E-state index in [1.165, 1.54) is 6.20 Å². The number of aromatic nitrogens is 1. The Morgan fingerprint density at radius 2 is 2.19 bits per heavy atom. The predicted molar refractivity (Wildman–Crippen MR) is 73.3 cm³/mol. The van der Waals surface area contributed by atoms with E-state index in [0.29, 0.717) is 26.9 Å². The highest BCUT2D eigenvalue weighted by Crippen LogP contribution is 2.22. The largest absolute Gasteiger partial charge is 0.362 e. The molecular weight excluding hydrogens is 265 g/mol. The van der Waals surface area contributed by atoms with Crippen LogP contribution in [0.1, 0.15) is 13.8 Å². The second-order valence-electron chi connectivity index (χ2n) is 3.71. The lowest BCUT2D eigenvalue weighted by Crippen LogP contribution is -2.31. The Morgan fingerprint density at radius 3 is 2.75 bits per heavy atom. The van der Waals surface area contributed by atoms with E-state index < -0.39 is 0 Å². The minimum atomic E-state index is 0.446. The van der Waals surface area contributed by atoms with Gasteiger partial charge in [-0.25, -0.2) is 4.98 Å². The Labute approximate surface area is 111 Å². The summed E-state index contributed by atoms with van der Waals surface area (Å²) in [6.45, 7) is 5.00. The number of nitrogens with zero attached hydrogens (tertiary/aromatic N) is 1. The Hall–Kier alpha value is -0.580. The van der Waals surface area contributed by atoms with Gasteiger partial charge in [0.2, 0.25) is 0 Å². The maximum Gasteiger partial charge on any atom is 0.171 e. The van der Waals surface area contributed by atoms with Crippen LogP contribution in [0.4, 0.5) is 5.82 Å². The molecule has 0 bridgehead atoms. The fraction of sp³-hybridized carbons (Fsp3) is 0.400. The van der Waals surface area contributed by atoms with Gasteiger partial charge in [0.05, 0.1) is 10.0 Å². The van der Waals surface area contributed by atoms with Gasteiger partial charge in [0.1, 0.15) is 0 Å². The number of hydrogen-bond acceptors (Lipinski definition) is 2. The van der Waals surface area contributed by atoms with E-state index in [0.717, 1.165) is 6.54 Å². The van der Waals surface area contributed by atoms with Gasteiger partial charge in [-0.2, -0.15) is 0 Å². The molecule has 0 aliphatic rings. The molecule has 1 rings (SSSR count). The minimum absolute atomic E-state index is 0.446. The normalized spacial score (nSPS) is 10.3. The molecule has 0 aromatic carbocycles. The number of thiocarbonyl (C=S) groups is 1. The van der Waals surface area contributed by atoms with E-state index in [1.54, 1.807) is 6.07 Å². The first kappa shape index (κ1) is 13.5. The van der Waals surface area contributed by atoms with Crippen molar-refractivity contribution in [3.05, 3.63) is 22.3 Å². The van der Waals surface area contributed by atoms with Crippen molar-refractivity contribution in [3.63, 3.8) is 0 Å². The Balaban J connectivity index is 2.56. The van der Waals surface area contributed by atoms with Crippen molar-refractivity contribution >= 4 is 46.4 Å². The van der Waals surface area contributed by atoms with Crippen molar-refractivity contribution < 1.29 is 0 Å². The number of hydrogen-bond donors (Lipinski definition) is 2. The average molecular weight is 278 g/mol. The van der Waals surface area contributed by atoms with E-state index >= 15 is 0 Å². The average Bonchev–Trinajstić information content (AvgIpc) is 2.19. The van der Waals surface area contributed by atoms with Gasteiger partial charge in [-0.05, 0) is 24.2 Å². The van der Waals surface area contributed by atoms with Crippen molar-refractivity contribution in [2.75, 3.05) is 11.9 Å². The zero-order valence-corrected chi connectivity index (χ0v) is 11.4. The number of nitrogens with one attached hydrogen (secondary N) is 2. The molecule has 0 unspecified atom stereocenters. The van der Waals surface area contributed by atoms with Gasteiger partial charge >= 0.3 is 0 Å². The van der Waals surface area contributed by atoms with Crippen LogP contribution in [-0.4, -0.2) is 16.6 Å². The quantitative estimate of drug-likeness (QED) is 0.832. The molecule has 2 N–H and O–H groups in total. The van der Waals surface area contributed by atoms with E-state index in [1.807, 2.05) is 0 Å². The summed E-state index contributed by atoms with van der Waals surface area (Å²) >= 11 is 16.8. The SMILES string of the molecule is CC(C)CNC(=S)Nc1ncc(Cl)cc1Cl. The smallest absolute Gasteiger partial charge is 0.171 e. The molecule has 0 fully saturated rings. The first-order chi connectivity index (χ1) is 7.49. The maximum atomic E-state index is 5.94. The molecule has 0 saturated carbocycles. The van der Waals surface area contributed by atoms with E-state index in [4.69, 9.17) is 35.4 Å². The van der Waals surface area contributed by atoms with Crippen molar-refractivity contribution in [1.82, 2.24) is 10.3 Å². The molecule has 0 radical (unpaired) electrons. The van der Waals surface area contributed by atoms with Crippen molar-refractivity contribution in [2.24, 2.45) is 5.92 Å². The van der Waals surface area contributed by atoms with Crippen LogP contribution in [0.25, 0.3) is 0 Å². The van der Waals surface area contributed by atoms with Crippen LogP contribution >= 0.6 is 35.4 Å². The van der Waals surface area contributed by atoms with Crippen molar-refractivity contribution in [1.29, 1.82) is 0 Å². The molecule has 1 heterocycles. The first-order valence-electron chi connectivity index (χ1n) is 4.85. The second kappa shape index (κ2) is 6.23. The molecule has 0 saturated heterocycles. The summed E-state index contributed by atoms with van der Waals surface area (Å²) in [6.07, 6.45) is 1.51. The lowest BCUT2D eigenvalue weighted by atomic mass is 10.2. The van der Waals surface area contributed by atoms with Crippen LogP contribution < -0.4 is 10.6 Å². The summed E-state index contributed by atoms with van der Waals surface area (Å²) in [4.78, 5) is 4.04. The summed E-state index contributed by atoms with van der Waals surface area (Å²) in [5.41, 5.74) is 0. The summed E-state index contributed by atoms with van der Waals surface area (Å²) in [6, 6.07) is 1.61. The molecule has 1 aromatic rings. The van der Waals surface area contributed by atoms with Gasteiger partial charge in [-0.3, -0.25) is 0 Å². The Morgan fingerprint density at radius 1 is 1.50 bits per heavy atom. The highest BCUT2D eigenvalue weighted by molar-refractivity contribution is 7.80. The first-order valence-corrected chi connectivity index (χ1v) is 6.01. The van der Waals surface area contributed by atoms with E-state index in [9.17, 15) is 0 Å². The highest BCUT2D eigenvalue weighted by atomic mass is 35.5. The number of anilines is 1. The lowest BCUT2D eigenvalue weighted by Gasteiger charge is -2.12. The van der Waals surface area contributed by atoms with Crippen LogP contribution in [-0.2, 0) is 0 Å². The van der Waals surface area contributed by atoms with Gasteiger partial charge in [-0.1, -0.05) is 37.0 Å². The zero-order chi connectivity index (χ0) is 12.1. The minimum Gasteiger partial charge on any atom is -0.362 e.